The van der Waals surface area contributed by atoms with Gasteiger partial charge in [-0.2, -0.15) is 0 Å². The molecule has 64 valence electrons. The largest absolute Gasteiger partial charge is 0.347 e. The maximum Gasteiger partial charge on any atom is 0.240 e. The summed E-state index contributed by atoms with van der Waals surface area (Å²) in [5.41, 5.74) is -0.466. The van der Waals surface area contributed by atoms with Gasteiger partial charge in [0.2, 0.25) is 11.1 Å². The van der Waals surface area contributed by atoms with Crippen LogP contribution >= 0.6 is 11.6 Å². The van der Waals surface area contributed by atoms with Crippen molar-refractivity contribution in [3.63, 3.8) is 0 Å². The van der Waals surface area contributed by atoms with Gasteiger partial charge in [-0.3, -0.25) is 9.59 Å². The number of hydrogen-bond acceptors (Lipinski definition) is 2. The minimum atomic E-state index is -0.553. The van der Waals surface area contributed by atoms with Crippen LogP contribution in [0.15, 0.2) is 0 Å². The first-order valence-electron chi connectivity index (χ1n) is 3.30. The lowest BCUT2D eigenvalue weighted by atomic mass is 9.96. The van der Waals surface area contributed by atoms with Crippen LogP contribution in [0.5, 0.6) is 0 Å². The Balaban J connectivity index is 3.80. The molecule has 1 amide bonds. The molecule has 0 bridgehead atoms. The molecule has 0 aliphatic heterocycles. The van der Waals surface area contributed by atoms with Crippen molar-refractivity contribution >= 4 is 22.8 Å². The van der Waals surface area contributed by atoms with Crippen molar-refractivity contribution in [2.24, 2.45) is 5.41 Å². The summed E-state index contributed by atoms with van der Waals surface area (Å²) in [5.74, 6) is -0.175. The monoisotopic (exact) mass is 177 g/mol. The first-order valence-corrected chi connectivity index (χ1v) is 3.68. The van der Waals surface area contributed by atoms with Gasteiger partial charge in [0.05, 0.1) is 6.54 Å². The molecule has 0 unspecified atom stereocenters. The van der Waals surface area contributed by atoms with Crippen molar-refractivity contribution in [2.45, 2.75) is 20.8 Å². The van der Waals surface area contributed by atoms with E-state index in [1.165, 1.54) is 0 Å². The topological polar surface area (TPSA) is 46.2 Å². The third-order valence-corrected chi connectivity index (χ3v) is 1.20. The first kappa shape index (κ1) is 10.4. The van der Waals surface area contributed by atoms with E-state index in [0.29, 0.717) is 0 Å². The summed E-state index contributed by atoms with van der Waals surface area (Å²) in [6, 6.07) is 0. The average Bonchev–Trinajstić information content (AvgIpc) is 1.80. The van der Waals surface area contributed by atoms with Gasteiger partial charge in [-0.25, -0.2) is 0 Å². The fraction of sp³-hybridized carbons (Fsp3) is 0.714. The minimum Gasteiger partial charge on any atom is -0.347 e. The lowest BCUT2D eigenvalue weighted by molar-refractivity contribution is -0.129. The summed E-state index contributed by atoms with van der Waals surface area (Å²) in [5, 5.41) is 1.85. The zero-order valence-electron chi connectivity index (χ0n) is 6.90. The number of amides is 1. The molecule has 0 aromatic heterocycles. The standard InChI is InChI=1S/C7H12ClNO2/c1-7(2,3)6(11)9-4-5(8)10/h4H2,1-3H3,(H,9,11). The molecule has 0 rings (SSSR count). The maximum absolute atomic E-state index is 11.0. The number of rotatable bonds is 2. The SMILES string of the molecule is CC(C)(C)C(=O)NCC(=O)Cl. The second-order valence-corrected chi connectivity index (χ2v) is 3.71. The maximum atomic E-state index is 11.0. The smallest absolute Gasteiger partial charge is 0.240 e. The predicted octanol–water partition coefficient (Wildman–Crippen LogP) is 0.914. The van der Waals surface area contributed by atoms with Crippen molar-refractivity contribution in [2.75, 3.05) is 6.54 Å². The molecular formula is C7H12ClNO2. The minimum absolute atomic E-state index is 0.0995. The summed E-state index contributed by atoms with van der Waals surface area (Å²) in [4.78, 5) is 21.3. The van der Waals surface area contributed by atoms with Crippen LogP contribution in [0.1, 0.15) is 20.8 Å². The fourth-order valence-corrected chi connectivity index (χ4v) is 0.482. The quantitative estimate of drug-likeness (QED) is 0.638. The van der Waals surface area contributed by atoms with E-state index in [1.807, 2.05) is 0 Å². The third kappa shape index (κ3) is 4.79. The Morgan fingerprint density at radius 2 is 1.82 bits per heavy atom. The molecule has 11 heavy (non-hydrogen) atoms. The molecular weight excluding hydrogens is 166 g/mol. The highest BCUT2D eigenvalue weighted by Crippen LogP contribution is 2.11. The van der Waals surface area contributed by atoms with Gasteiger partial charge >= 0.3 is 0 Å². The van der Waals surface area contributed by atoms with Gasteiger partial charge in [-0.15, -0.1) is 0 Å². The Morgan fingerprint density at radius 3 is 2.09 bits per heavy atom. The van der Waals surface area contributed by atoms with Gasteiger partial charge in [-0.05, 0) is 11.6 Å². The van der Waals surface area contributed by atoms with Crippen LogP contribution in [0.4, 0.5) is 0 Å². The Hall–Kier alpha value is -0.570. The summed E-state index contributed by atoms with van der Waals surface area (Å²) in [7, 11) is 0. The molecule has 1 N–H and O–H groups in total. The zero-order valence-corrected chi connectivity index (χ0v) is 7.66. The van der Waals surface area contributed by atoms with Gasteiger partial charge in [0.15, 0.2) is 0 Å². The number of hydrogen-bond donors (Lipinski definition) is 1. The zero-order chi connectivity index (χ0) is 9.07. The van der Waals surface area contributed by atoms with E-state index >= 15 is 0 Å². The second kappa shape index (κ2) is 3.72. The van der Waals surface area contributed by atoms with Gasteiger partial charge in [0, 0.05) is 5.41 Å². The van der Waals surface area contributed by atoms with Crippen LogP contribution in [-0.4, -0.2) is 17.7 Å². The summed E-state index contributed by atoms with van der Waals surface area (Å²) < 4.78 is 0. The third-order valence-electron chi connectivity index (χ3n) is 1.07. The van der Waals surface area contributed by atoms with Crippen molar-refractivity contribution in [3.8, 4) is 0 Å². The van der Waals surface area contributed by atoms with E-state index in [-0.39, 0.29) is 12.5 Å². The van der Waals surface area contributed by atoms with Gasteiger partial charge in [0.1, 0.15) is 0 Å². The van der Waals surface area contributed by atoms with E-state index < -0.39 is 10.7 Å². The van der Waals surface area contributed by atoms with Crippen LogP contribution < -0.4 is 5.32 Å². The fourth-order valence-electron chi connectivity index (χ4n) is 0.415. The van der Waals surface area contributed by atoms with Gasteiger partial charge < -0.3 is 5.32 Å². The molecule has 4 heteroatoms. The van der Waals surface area contributed by atoms with E-state index in [4.69, 9.17) is 11.6 Å². The predicted molar refractivity (Wildman–Crippen MR) is 43.3 cm³/mol. The molecule has 0 aromatic rings. The molecule has 3 nitrogen and oxygen atoms in total. The molecule has 0 aromatic carbocycles. The Morgan fingerprint density at radius 1 is 1.36 bits per heavy atom. The molecule has 0 fully saturated rings. The van der Waals surface area contributed by atoms with Crippen LogP contribution in [0.2, 0.25) is 0 Å². The highest BCUT2D eigenvalue weighted by Gasteiger charge is 2.20. The van der Waals surface area contributed by atoms with E-state index in [9.17, 15) is 9.59 Å². The van der Waals surface area contributed by atoms with Crippen molar-refractivity contribution in [1.29, 1.82) is 0 Å². The average molecular weight is 178 g/mol. The Bertz CT molecular complexity index is 172. The number of carbonyl (C=O) groups excluding carboxylic acids is 2. The van der Waals surface area contributed by atoms with Crippen LogP contribution in [-0.2, 0) is 9.59 Å². The number of carbonyl (C=O) groups is 2. The van der Waals surface area contributed by atoms with Gasteiger partial charge in [-0.1, -0.05) is 20.8 Å². The Kier molecular flexibility index (Phi) is 3.52. The highest BCUT2D eigenvalue weighted by atomic mass is 35.5. The van der Waals surface area contributed by atoms with E-state index in [2.05, 4.69) is 5.32 Å². The molecule has 0 saturated heterocycles. The first-order chi connectivity index (χ1) is 4.84. The molecule has 0 radical (unpaired) electrons. The van der Waals surface area contributed by atoms with Crippen molar-refractivity contribution in [3.05, 3.63) is 0 Å². The van der Waals surface area contributed by atoms with Crippen LogP contribution in [0, 0.1) is 5.41 Å². The van der Waals surface area contributed by atoms with Crippen LogP contribution in [0.3, 0.4) is 0 Å². The summed E-state index contributed by atoms with van der Waals surface area (Å²) >= 11 is 5.02. The van der Waals surface area contributed by atoms with Crippen molar-refractivity contribution in [1.82, 2.24) is 5.32 Å². The van der Waals surface area contributed by atoms with E-state index in [1.54, 1.807) is 20.8 Å². The number of halogens is 1. The van der Waals surface area contributed by atoms with E-state index in [0.717, 1.165) is 0 Å². The molecule has 0 aliphatic rings. The molecule has 0 aliphatic carbocycles. The van der Waals surface area contributed by atoms with Crippen LogP contribution in [0.25, 0.3) is 0 Å². The highest BCUT2D eigenvalue weighted by molar-refractivity contribution is 6.64. The lowest BCUT2D eigenvalue weighted by Crippen LogP contribution is -2.36. The second-order valence-electron chi connectivity index (χ2n) is 3.29. The summed E-state index contributed by atoms with van der Waals surface area (Å²) in [6.07, 6.45) is 0. The molecule has 0 spiro atoms. The summed E-state index contributed by atoms with van der Waals surface area (Å²) in [6.45, 7) is 5.20. The Labute approximate surface area is 71.1 Å². The molecule has 0 atom stereocenters. The normalized spacial score (nSPS) is 10.9. The molecule has 0 heterocycles. The number of nitrogens with one attached hydrogen (secondary N) is 1. The van der Waals surface area contributed by atoms with Crippen molar-refractivity contribution < 1.29 is 9.59 Å². The molecule has 0 saturated carbocycles. The lowest BCUT2D eigenvalue weighted by Gasteiger charge is -2.16. The van der Waals surface area contributed by atoms with Gasteiger partial charge in [0.25, 0.3) is 0 Å².